The minimum absolute atomic E-state index is 0.00331. The first kappa shape index (κ1) is 61.9. The second-order valence-electron chi connectivity index (χ2n) is 24.8. The van der Waals surface area contributed by atoms with Gasteiger partial charge in [-0.1, -0.05) is 49.4 Å². The number of benzene rings is 2. The van der Waals surface area contributed by atoms with Crippen LogP contribution in [0.25, 0.3) is 22.2 Å². The number of methoxy groups -OCH3 is 1. The van der Waals surface area contributed by atoms with Gasteiger partial charge in [0.1, 0.15) is 28.9 Å². The molecule has 3 amide bonds. The fraction of sp³-hybridized carbons (Fsp3) is 0.574. The molecule has 3 aromatic heterocycles. The van der Waals surface area contributed by atoms with Gasteiger partial charge in [0.15, 0.2) is 0 Å². The number of carbonyl (C=O) groups excluding carboxylic acids is 4. The fourth-order valence-electron chi connectivity index (χ4n) is 10.9. The van der Waals surface area contributed by atoms with Gasteiger partial charge >= 0.3 is 25.3 Å². The number of fused-ring (bicyclic) bond motifs is 1. The van der Waals surface area contributed by atoms with Gasteiger partial charge in [-0.05, 0) is 146 Å². The van der Waals surface area contributed by atoms with Crippen LogP contribution in [0.3, 0.4) is 0 Å². The topological polar surface area (TPSA) is 197 Å². The Labute approximate surface area is 501 Å². The lowest BCUT2D eigenvalue weighted by Gasteiger charge is -2.36. The van der Waals surface area contributed by atoms with E-state index in [1.165, 1.54) is 16.3 Å². The van der Waals surface area contributed by atoms with Crippen molar-refractivity contribution in [1.29, 1.82) is 0 Å². The molecule has 448 valence electrons. The number of hydrazine groups is 1. The third-order valence-electron chi connectivity index (χ3n) is 16.6. The number of carbonyl (C=O) groups is 4. The SMILES string of the molecule is CO[C@@H](C)c1ncc(N2CCN(C(=O)OCc3ccccc3)CC2)cc1-c1c(CC2(COC(=O)[C@@H]3CCCN(C(=O)[C@@H](NC(=O)OC(C)(C)C)[C@H](C)c4nc(Br)cs4)N3)CC2)c2cc(B3OC(C)(C)C(C)(C)O3)ccc2n1CCOC(C)C. The van der Waals surface area contributed by atoms with Crippen molar-refractivity contribution in [3.05, 3.63) is 92.6 Å². The zero-order valence-electron chi connectivity index (χ0n) is 50.2. The van der Waals surface area contributed by atoms with E-state index in [1.807, 2.05) is 69.6 Å². The molecule has 4 aliphatic rings. The number of halogens is 1. The standard InChI is InChI=1S/C61H82BBrN8O11S/c1-38(2)77-30-29-70-48-21-20-42(62-81-59(8,9)60(10,11)82-62)31-44(48)46(52(70)45-32-43(34-64-51(45)40(4)76-12)68-25-27-69(28-26-68)57(75)78-35-41-17-14-13-15-18-41)33-61(22-23-61)37-79-55(73)47-19-16-24-71(67-47)54(72)50(66-56(74)80-58(5,6)7)39(3)53-65-49(63)36-83-53/h13-15,17-18,20-21,31-32,34,36,38-40,47,50,67H,16,19,22-30,33,35,37H2,1-12H3,(H,66,74)/t39-,40-,47-,50-/m0/s1. The molecule has 3 aliphatic heterocycles. The van der Waals surface area contributed by atoms with E-state index in [4.69, 9.17) is 38.0 Å². The maximum absolute atomic E-state index is 14.5. The first-order chi connectivity index (χ1) is 39.3. The number of thiazole rings is 1. The van der Waals surface area contributed by atoms with Crippen molar-refractivity contribution >= 4 is 80.5 Å². The number of hydrogen-bond acceptors (Lipinski definition) is 16. The summed E-state index contributed by atoms with van der Waals surface area (Å²) in [6.45, 7) is 25.1. The first-order valence-corrected chi connectivity index (χ1v) is 30.7. The lowest BCUT2D eigenvalue weighted by molar-refractivity contribution is -0.154. The Morgan fingerprint density at radius 1 is 0.940 bits per heavy atom. The van der Waals surface area contributed by atoms with Crippen molar-refractivity contribution < 1.29 is 52.2 Å². The highest BCUT2D eigenvalue weighted by Crippen LogP contribution is 2.52. The van der Waals surface area contributed by atoms with Crippen LogP contribution in [0, 0.1) is 5.41 Å². The zero-order valence-corrected chi connectivity index (χ0v) is 52.6. The predicted octanol–water partition coefficient (Wildman–Crippen LogP) is 9.87. The second kappa shape index (κ2) is 25.5. The number of rotatable bonds is 20. The van der Waals surface area contributed by atoms with Gasteiger partial charge in [0.2, 0.25) is 0 Å². The minimum atomic E-state index is -1.05. The quantitative estimate of drug-likeness (QED) is 0.0424. The smallest absolute Gasteiger partial charge is 0.464 e. The summed E-state index contributed by atoms with van der Waals surface area (Å²) < 4.78 is 46.4. The van der Waals surface area contributed by atoms with Gasteiger partial charge in [0.05, 0.1) is 64.9 Å². The maximum atomic E-state index is 14.5. The summed E-state index contributed by atoms with van der Waals surface area (Å²) in [5.41, 5.74) is 8.22. The Balaban J connectivity index is 1.03. The van der Waals surface area contributed by atoms with E-state index < -0.39 is 71.4 Å². The highest BCUT2D eigenvalue weighted by Gasteiger charge is 2.52. The summed E-state index contributed by atoms with van der Waals surface area (Å²) in [6.07, 6.45) is 3.57. The molecule has 22 heteroatoms. The number of pyridine rings is 1. The lowest BCUT2D eigenvalue weighted by atomic mass is 9.78. The van der Waals surface area contributed by atoms with Crippen LogP contribution in [-0.4, -0.2) is 144 Å². The molecular formula is C61H82BBrN8O11S. The van der Waals surface area contributed by atoms with Crippen LogP contribution >= 0.6 is 27.3 Å². The van der Waals surface area contributed by atoms with Gasteiger partial charge < -0.3 is 52.7 Å². The van der Waals surface area contributed by atoms with Gasteiger partial charge in [0, 0.05) is 79.6 Å². The Morgan fingerprint density at radius 2 is 1.65 bits per heavy atom. The maximum Gasteiger partial charge on any atom is 0.494 e. The molecule has 0 radical (unpaired) electrons. The molecule has 1 aliphatic carbocycles. The summed E-state index contributed by atoms with van der Waals surface area (Å²) in [6, 6.07) is 16.5. The fourth-order valence-corrected chi connectivity index (χ4v) is 12.2. The highest BCUT2D eigenvalue weighted by atomic mass is 79.9. The van der Waals surface area contributed by atoms with Gasteiger partial charge in [-0.25, -0.2) is 20.0 Å². The Bertz CT molecular complexity index is 3100. The van der Waals surface area contributed by atoms with Crippen molar-refractivity contribution in [2.24, 2.45) is 5.41 Å². The Morgan fingerprint density at radius 3 is 2.29 bits per heavy atom. The third kappa shape index (κ3) is 14.6. The summed E-state index contributed by atoms with van der Waals surface area (Å²) in [4.78, 5) is 69.2. The average molecular weight is 1230 g/mol. The van der Waals surface area contributed by atoms with Crippen LogP contribution < -0.4 is 21.1 Å². The van der Waals surface area contributed by atoms with Crippen molar-refractivity contribution in [2.75, 3.05) is 57.9 Å². The molecule has 4 atom stereocenters. The number of aromatic nitrogens is 3. The third-order valence-corrected chi connectivity index (χ3v) is 18.3. The molecular weight excluding hydrogens is 1140 g/mol. The lowest BCUT2D eigenvalue weighted by Crippen LogP contribution is -2.61. The number of hydrogen-bond donors (Lipinski definition) is 2. The van der Waals surface area contributed by atoms with E-state index >= 15 is 0 Å². The second-order valence-corrected chi connectivity index (χ2v) is 26.5. The highest BCUT2D eigenvalue weighted by molar-refractivity contribution is 9.10. The molecule has 3 saturated heterocycles. The first-order valence-electron chi connectivity index (χ1n) is 29.1. The zero-order chi connectivity index (χ0) is 59.6. The number of ether oxygens (including phenoxy) is 5. The van der Waals surface area contributed by atoms with Crippen LogP contribution in [0.15, 0.2) is 70.8 Å². The molecule has 5 aromatic rings. The van der Waals surface area contributed by atoms with Crippen LogP contribution in [0.2, 0.25) is 0 Å². The van der Waals surface area contributed by atoms with Crippen LogP contribution in [0.4, 0.5) is 15.3 Å². The Hall–Kier alpha value is -5.62. The number of alkyl carbamates (subject to hydrolysis) is 1. The van der Waals surface area contributed by atoms with Crippen molar-refractivity contribution in [1.82, 2.24) is 35.2 Å². The number of nitrogens with zero attached hydrogens (tertiary/aromatic N) is 6. The van der Waals surface area contributed by atoms with E-state index in [-0.39, 0.29) is 25.4 Å². The molecule has 9 rings (SSSR count). The predicted molar refractivity (Wildman–Crippen MR) is 323 cm³/mol. The average Bonchev–Trinajstić information content (AvgIpc) is 2.09. The number of piperazine rings is 1. The molecule has 1 saturated carbocycles. The van der Waals surface area contributed by atoms with Gasteiger partial charge in [-0.2, -0.15) is 0 Å². The van der Waals surface area contributed by atoms with Gasteiger partial charge in [-0.3, -0.25) is 19.6 Å². The van der Waals surface area contributed by atoms with Gasteiger partial charge in [-0.15, -0.1) is 11.3 Å². The monoisotopic (exact) mass is 1220 g/mol. The summed E-state index contributed by atoms with van der Waals surface area (Å²) in [5, 5.41) is 7.72. The van der Waals surface area contributed by atoms with Gasteiger partial charge in [0.25, 0.3) is 5.91 Å². The van der Waals surface area contributed by atoms with Crippen molar-refractivity contribution in [2.45, 2.75) is 168 Å². The van der Waals surface area contributed by atoms with E-state index in [0.29, 0.717) is 74.7 Å². The van der Waals surface area contributed by atoms with E-state index in [2.05, 4.69) is 93.1 Å². The van der Waals surface area contributed by atoms with E-state index in [1.54, 1.807) is 32.8 Å². The normalized spacial score (nSPS) is 19.6. The van der Waals surface area contributed by atoms with Crippen LogP contribution in [0.1, 0.15) is 136 Å². The van der Waals surface area contributed by atoms with Crippen molar-refractivity contribution in [3.63, 3.8) is 0 Å². The minimum Gasteiger partial charge on any atom is -0.464 e. The molecule has 2 aromatic carbocycles. The van der Waals surface area contributed by atoms with Crippen LogP contribution in [-0.2, 0) is 62.2 Å². The van der Waals surface area contributed by atoms with Crippen molar-refractivity contribution in [3.8, 4) is 11.3 Å². The Kier molecular flexibility index (Phi) is 19.1. The molecule has 0 spiro atoms. The largest absolute Gasteiger partial charge is 0.494 e. The van der Waals surface area contributed by atoms with E-state index in [0.717, 1.165) is 63.0 Å². The summed E-state index contributed by atoms with van der Waals surface area (Å²) in [7, 11) is 1.07. The molecule has 4 fully saturated rings. The number of nitrogens with one attached hydrogen (secondary N) is 2. The molecule has 0 bridgehead atoms. The molecule has 83 heavy (non-hydrogen) atoms. The summed E-state index contributed by atoms with van der Waals surface area (Å²) in [5.74, 6) is -1.40. The van der Waals surface area contributed by atoms with E-state index in [9.17, 15) is 19.2 Å². The molecule has 6 heterocycles. The molecule has 0 unspecified atom stereocenters. The van der Waals surface area contributed by atoms with Crippen LogP contribution in [0.5, 0.6) is 0 Å². The number of anilines is 1. The number of amides is 3. The summed E-state index contributed by atoms with van der Waals surface area (Å²) >= 11 is 4.80. The molecule has 19 nitrogen and oxygen atoms in total. The number of esters is 1. The molecule has 2 N–H and O–H groups in total.